The number of nitrogens with zero attached hydrogens (tertiary/aromatic N) is 2. The predicted molar refractivity (Wildman–Crippen MR) is 115 cm³/mol. The molecule has 0 unspecified atom stereocenters. The van der Waals surface area contributed by atoms with Crippen molar-refractivity contribution < 1.29 is 19.1 Å². The summed E-state index contributed by atoms with van der Waals surface area (Å²) in [6, 6.07) is 12.5. The van der Waals surface area contributed by atoms with E-state index in [1.165, 1.54) is 4.90 Å². The Morgan fingerprint density at radius 2 is 1.83 bits per heavy atom. The summed E-state index contributed by atoms with van der Waals surface area (Å²) in [5, 5.41) is 0.336. The number of carbonyl (C=O) groups is 2. The first-order chi connectivity index (χ1) is 14.1. The molecule has 0 saturated carbocycles. The van der Waals surface area contributed by atoms with Gasteiger partial charge in [-0.15, -0.1) is 12.4 Å². The highest BCUT2D eigenvalue weighted by atomic mass is 35.5. The lowest BCUT2D eigenvalue weighted by molar-refractivity contribution is 0.0300. The molecule has 2 atom stereocenters. The third kappa shape index (κ3) is 3.64. The third-order valence-electron chi connectivity index (χ3n) is 5.77. The van der Waals surface area contributed by atoms with Crippen molar-refractivity contribution in [2.75, 3.05) is 26.2 Å². The quantitative estimate of drug-likeness (QED) is 0.670. The van der Waals surface area contributed by atoms with Crippen molar-refractivity contribution in [2.45, 2.75) is 25.0 Å². The Morgan fingerprint density at radius 3 is 2.63 bits per heavy atom. The summed E-state index contributed by atoms with van der Waals surface area (Å²) in [7, 11) is 0. The summed E-state index contributed by atoms with van der Waals surface area (Å²) >= 11 is 6.19. The number of piperidine rings is 1. The van der Waals surface area contributed by atoms with Gasteiger partial charge in [0, 0.05) is 13.1 Å². The van der Waals surface area contributed by atoms with E-state index in [1.807, 2.05) is 24.3 Å². The number of hydrogen-bond acceptors (Lipinski definition) is 5. The second-order valence-electron chi connectivity index (χ2n) is 7.70. The van der Waals surface area contributed by atoms with Crippen LogP contribution < -0.4 is 9.47 Å². The van der Waals surface area contributed by atoms with Gasteiger partial charge >= 0.3 is 0 Å². The molecular weight excluding hydrogens is 427 g/mol. The maximum atomic E-state index is 12.9. The Kier molecular flexibility index (Phi) is 5.91. The van der Waals surface area contributed by atoms with Crippen molar-refractivity contribution >= 4 is 35.8 Å². The Hall–Kier alpha value is -2.28. The highest BCUT2D eigenvalue weighted by Gasteiger charge is 2.42. The predicted octanol–water partition coefficient (Wildman–Crippen LogP) is 3.66. The highest BCUT2D eigenvalue weighted by molar-refractivity contribution is 6.37. The number of amides is 2. The molecule has 0 bridgehead atoms. The van der Waals surface area contributed by atoms with Crippen LogP contribution in [0.2, 0.25) is 5.02 Å². The summed E-state index contributed by atoms with van der Waals surface area (Å²) in [4.78, 5) is 29.4. The molecule has 0 spiro atoms. The molecule has 6 nitrogen and oxygen atoms in total. The fraction of sp³-hybridized carbons (Fsp3) is 0.364. The molecule has 30 heavy (non-hydrogen) atoms. The van der Waals surface area contributed by atoms with Gasteiger partial charge in [-0.3, -0.25) is 19.4 Å². The van der Waals surface area contributed by atoms with Crippen LogP contribution in [0.15, 0.2) is 42.5 Å². The van der Waals surface area contributed by atoms with Crippen LogP contribution in [0.25, 0.3) is 0 Å². The van der Waals surface area contributed by atoms with Crippen LogP contribution in [0, 0.1) is 0 Å². The SMILES string of the molecule is Cl.O=C1c2cccc(Cl)c2C(=O)N1[C@H]1CCCN(C[C@H]2COc3ccccc3O2)C1. The molecule has 0 aromatic heterocycles. The van der Waals surface area contributed by atoms with Gasteiger partial charge in [0.1, 0.15) is 12.7 Å². The fourth-order valence-corrected chi connectivity index (χ4v) is 4.70. The first kappa shape index (κ1) is 21.0. The Labute approximate surface area is 186 Å². The maximum Gasteiger partial charge on any atom is 0.263 e. The number of fused-ring (bicyclic) bond motifs is 2. The second kappa shape index (κ2) is 8.46. The Bertz CT molecular complexity index is 983. The van der Waals surface area contributed by atoms with Gasteiger partial charge in [0.05, 0.1) is 22.2 Å². The number of rotatable bonds is 3. The number of likely N-dealkylation sites (tertiary alicyclic amines) is 1. The topological polar surface area (TPSA) is 59.1 Å². The van der Waals surface area contributed by atoms with E-state index in [2.05, 4.69) is 4.90 Å². The lowest BCUT2D eigenvalue weighted by Crippen LogP contribution is -2.52. The molecule has 0 N–H and O–H groups in total. The standard InChI is InChI=1S/C22H21ClN2O4.ClH/c23-17-7-3-6-16-20(17)22(27)25(21(16)26)14-5-4-10-24(11-14)12-15-13-28-18-8-1-2-9-19(18)29-15;/h1-3,6-9,14-15H,4-5,10-13H2;1H/t14-,15-;/m0./s1. The van der Waals surface area contributed by atoms with E-state index in [0.29, 0.717) is 35.8 Å². The molecule has 2 amide bonds. The largest absolute Gasteiger partial charge is 0.486 e. The van der Waals surface area contributed by atoms with Crippen LogP contribution in [0.3, 0.4) is 0 Å². The average Bonchev–Trinajstić information content (AvgIpc) is 2.99. The summed E-state index contributed by atoms with van der Waals surface area (Å²) in [6.07, 6.45) is 1.63. The number of imide groups is 1. The van der Waals surface area contributed by atoms with Gasteiger partial charge in [-0.2, -0.15) is 0 Å². The zero-order chi connectivity index (χ0) is 20.0. The van der Waals surface area contributed by atoms with E-state index in [1.54, 1.807) is 18.2 Å². The molecule has 158 valence electrons. The zero-order valence-electron chi connectivity index (χ0n) is 16.3. The lowest BCUT2D eigenvalue weighted by atomic mass is 10.0. The Morgan fingerprint density at radius 1 is 1.03 bits per heavy atom. The van der Waals surface area contributed by atoms with Gasteiger partial charge in [0.25, 0.3) is 11.8 Å². The average molecular weight is 449 g/mol. The van der Waals surface area contributed by atoms with Crippen LogP contribution in [-0.2, 0) is 0 Å². The van der Waals surface area contributed by atoms with Gasteiger partial charge in [-0.25, -0.2) is 0 Å². The van der Waals surface area contributed by atoms with Crippen molar-refractivity contribution in [1.29, 1.82) is 0 Å². The second-order valence-corrected chi connectivity index (χ2v) is 8.10. The van der Waals surface area contributed by atoms with Crippen LogP contribution in [-0.4, -0.2) is 60.0 Å². The minimum atomic E-state index is -0.284. The van der Waals surface area contributed by atoms with E-state index in [4.69, 9.17) is 21.1 Å². The molecular formula is C22H22Cl2N2O4. The molecule has 3 aliphatic rings. The van der Waals surface area contributed by atoms with E-state index in [-0.39, 0.29) is 36.4 Å². The number of para-hydroxylation sites is 2. The third-order valence-corrected chi connectivity index (χ3v) is 6.09. The van der Waals surface area contributed by atoms with E-state index in [0.717, 1.165) is 30.9 Å². The van der Waals surface area contributed by atoms with Crippen molar-refractivity contribution in [1.82, 2.24) is 9.80 Å². The maximum absolute atomic E-state index is 12.9. The molecule has 2 aromatic carbocycles. The van der Waals surface area contributed by atoms with Gasteiger partial charge in [-0.05, 0) is 43.7 Å². The number of carbonyl (C=O) groups excluding carboxylic acids is 2. The van der Waals surface area contributed by atoms with Crippen molar-refractivity contribution in [3.63, 3.8) is 0 Å². The van der Waals surface area contributed by atoms with E-state index in [9.17, 15) is 9.59 Å². The summed E-state index contributed by atoms with van der Waals surface area (Å²) < 4.78 is 11.9. The minimum Gasteiger partial charge on any atom is -0.486 e. The molecule has 2 aromatic rings. The molecule has 8 heteroatoms. The number of ether oxygens (including phenoxy) is 2. The van der Waals surface area contributed by atoms with Crippen molar-refractivity contribution in [2.24, 2.45) is 0 Å². The lowest BCUT2D eigenvalue weighted by Gasteiger charge is -2.38. The Balaban J connectivity index is 0.00000218. The first-order valence-electron chi connectivity index (χ1n) is 9.89. The minimum absolute atomic E-state index is 0. The van der Waals surface area contributed by atoms with E-state index >= 15 is 0 Å². The van der Waals surface area contributed by atoms with Crippen LogP contribution in [0.1, 0.15) is 33.6 Å². The molecule has 0 aliphatic carbocycles. The van der Waals surface area contributed by atoms with Gasteiger partial charge in [0.2, 0.25) is 0 Å². The number of halogens is 2. The molecule has 3 heterocycles. The van der Waals surface area contributed by atoms with Crippen LogP contribution in [0.4, 0.5) is 0 Å². The van der Waals surface area contributed by atoms with Crippen molar-refractivity contribution in [3.05, 3.63) is 58.6 Å². The monoisotopic (exact) mass is 448 g/mol. The highest BCUT2D eigenvalue weighted by Crippen LogP contribution is 2.33. The zero-order valence-corrected chi connectivity index (χ0v) is 17.8. The molecule has 0 radical (unpaired) electrons. The van der Waals surface area contributed by atoms with Gasteiger partial charge in [-0.1, -0.05) is 29.8 Å². The van der Waals surface area contributed by atoms with Gasteiger partial charge < -0.3 is 9.47 Å². The molecule has 3 aliphatic heterocycles. The normalized spacial score (nSPS) is 23.2. The van der Waals surface area contributed by atoms with E-state index < -0.39 is 0 Å². The summed E-state index contributed by atoms with van der Waals surface area (Å²) in [5.74, 6) is 0.995. The van der Waals surface area contributed by atoms with Gasteiger partial charge in [0.15, 0.2) is 11.5 Å². The fourth-order valence-electron chi connectivity index (χ4n) is 4.44. The van der Waals surface area contributed by atoms with Crippen LogP contribution >= 0.6 is 24.0 Å². The first-order valence-corrected chi connectivity index (χ1v) is 10.3. The molecule has 5 rings (SSSR count). The van der Waals surface area contributed by atoms with Crippen LogP contribution in [0.5, 0.6) is 11.5 Å². The molecule has 1 fully saturated rings. The number of hydrogen-bond donors (Lipinski definition) is 0. The summed E-state index contributed by atoms with van der Waals surface area (Å²) in [6.45, 7) is 2.71. The number of benzene rings is 2. The summed E-state index contributed by atoms with van der Waals surface area (Å²) in [5.41, 5.74) is 0.733. The molecule has 1 saturated heterocycles. The smallest absolute Gasteiger partial charge is 0.263 e. The van der Waals surface area contributed by atoms with Crippen molar-refractivity contribution in [3.8, 4) is 11.5 Å².